The molecule has 0 aliphatic carbocycles. The number of oxazole rings is 1. The number of guanidine groups is 1. The SMILES string of the molecule is CCNC(=NCc1nc(C)c(C)o1)NCCC(=O)N1CCCC1. The molecular formula is C16H27N5O2. The first-order valence-electron chi connectivity index (χ1n) is 8.33. The van der Waals surface area contributed by atoms with Gasteiger partial charge in [-0.2, -0.15) is 0 Å². The molecule has 0 bridgehead atoms. The molecule has 0 saturated carbocycles. The molecule has 2 heterocycles. The number of aromatic nitrogens is 1. The number of aryl methyl sites for hydroxylation is 2. The van der Waals surface area contributed by atoms with Crippen molar-refractivity contribution in [1.82, 2.24) is 20.5 Å². The molecule has 0 aromatic carbocycles. The lowest BCUT2D eigenvalue weighted by Gasteiger charge is -2.16. The van der Waals surface area contributed by atoms with Crippen molar-refractivity contribution in [3.05, 3.63) is 17.3 Å². The zero-order valence-corrected chi connectivity index (χ0v) is 14.3. The van der Waals surface area contributed by atoms with Crippen LogP contribution in [-0.4, -0.2) is 47.9 Å². The summed E-state index contributed by atoms with van der Waals surface area (Å²) in [6.07, 6.45) is 2.73. The van der Waals surface area contributed by atoms with Gasteiger partial charge in [-0.05, 0) is 33.6 Å². The van der Waals surface area contributed by atoms with Crippen molar-refractivity contribution >= 4 is 11.9 Å². The fourth-order valence-electron chi connectivity index (χ4n) is 2.51. The molecule has 1 aromatic heterocycles. The van der Waals surface area contributed by atoms with Crippen molar-refractivity contribution in [3.8, 4) is 0 Å². The van der Waals surface area contributed by atoms with E-state index in [1.807, 2.05) is 25.7 Å². The molecule has 128 valence electrons. The van der Waals surface area contributed by atoms with Crippen molar-refractivity contribution < 1.29 is 9.21 Å². The van der Waals surface area contributed by atoms with Crippen molar-refractivity contribution in [2.75, 3.05) is 26.2 Å². The Labute approximate surface area is 137 Å². The van der Waals surface area contributed by atoms with E-state index in [0.717, 1.165) is 43.9 Å². The highest BCUT2D eigenvalue weighted by molar-refractivity contribution is 5.81. The summed E-state index contributed by atoms with van der Waals surface area (Å²) < 4.78 is 5.52. The summed E-state index contributed by atoms with van der Waals surface area (Å²) in [5.74, 6) is 2.31. The molecule has 1 aliphatic rings. The van der Waals surface area contributed by atoms with E-state index >= 15 is 0 Å². The number of rotatable bonds is 6. The molecule has 1 fully saturated rings. The summed E-state index contributed by atoms with van der Waals surface area (Å²) in [7, 11) is 0. The predicted octanol–water partition coefficient (Wildman–Crippen LogP) is 1.36. The smallest absolute Gasteiger partial charge is 0.224 e. The summed E-state index contributed by atoms with van der Waals surface area (Å²) >= 11 is 0. The lowest BCUT2D eigenvalue weighted by Crippen LogP contribution is -2.39. The fraction of sp³-hybridized carbons (Fsp3) is 0.688. The number of nitrogens with one attached hydrogen (secondary N) is 2. The van der Waals surface area contributed by atoms with E-state index in [9.17, 15) is 4.79 Å². The molecule has 1 amide bonds. The van der Waals surface area contributed by atoms with Crippen LogP contribution in [0, 0.1) is 13.8 Å². The van der Waals surface area contributed by atoms with Crippen molar-refractivity contribution in [2.24, 2.45) is 4.99 Å². The molecular weight excluding hydrogens is 294 g/mol. The van der Waals surface area contributed by atoms with Crippen LogP contribution in [0.15, 0.2) is 9.41 Å². The normalized spacial score (nSPS) is 15.1. The Morgan fingerprint density at radius 3 is 2.65 bits per heavy atom. The van der Waals surface area contributed by atoms with Gasteiger partial charge in [-0.25, -0.2) is 9.98 Å². The molecule has 7 heteroatoms. The van der Waals surface area contributed by atoms with Gasteiger partial charge in [-0.3, -0.25) is 4.79 Å². The Kier molecular flexibility index (Phi) is 6.43. The third kappa shape index (κ3) is 5.26. The number of likely N-dealkylation sites (tertiary alicyclic amines) is 1. The third-order valence-electron chi connectivity index (χ3n) is 3.88. The van der Waals surface area contributed by atoms with Gasteiger partial charge in [0.25, 0.3) is 0 Å². The molecule has 0 radical (unpaired) electrons. The van der Waals surface area contributed by atoms with Gasteiger partial charge in [0.15, 0.2) is 5.96 Å². The van der Waals surface area contributed by atoms with Gasteiger partial charge in [-0.1, -0.05) is 0 Å². The van der Waals surface area contributed by atoms with E-state index < -0.39 is 0 Å². The van der Waals surface area contributed by atoms with Gasteiger partial charge in [0.1, 0.15) is 12.3 Å². The molecule has 1 aliphatic heterocycles. The number of hydrogen-bond donors (Lipinski definition) is 2. The van der Waals surface area contributed by atoms with Crippen LogP contribution in [-0.2, 0) is 11.3 Å². The van der Waals surface area contributed by atoms with E-state index in [0.29, 0.717) is 31.4 Å². The van der Waals surface area contributed by atoms with Gasteiger partial charge in [0, 0.05) is 32.6 Å². The third-order valence-corrected chi connectivity index (χ3v) is 3.88. The summed E-state index contributed by atoms with van der Waals surface area (Å²) in [6, 6.07) is 0. The molecule has 2 N–H and O–H groups in total. The second-order valence-electron chi connectivity index (χ2n) is 5.71. The van der Waals surface area contributed by atoms with E-state index in [2.05, 4.69) is 20.6 Å². The first-order chi connectivity index (χ1) is 11.1. The Balaban J connectivity index is 1.80. The van der Waals surface area contributed by atoms with E-state index in [-0.39, 0.29) is 5.91 Å². The molecule has 2 rings (SSSR count). The second-order valence-corrected chi connectivity index (χ2v) is 5.71. The minimum atomic E-state index is 0.213. The molecule has 0 unspecified atom stereocenters. The lowest BCUT2D eigenvalue weighted by atomic mass is 10.3. The van der Waals surface area contributed by atoms with Crippen LogP contribution in [0.25, 0.3) is 0 Å². The quantitative estimate of drug-likeness (QED) is 0.610. The summed E-state index contributed by atoms with van der Waals surface area (Å²) in [6.45, 7) is 9.32. The summed E-state index contributed by atoms with van der Waals surface area (Å²) in [4.78, 5) is 22.7. The molecule has 7 nitrogen and oxygen atoms in total. The zero-order chi connectivity index (χ0) is 16.7. The van der Waals surface area contributed by atoms with Gasteiger partial charge >= 0.3 is 0 Å². The minimum Gasteiger partial charge on any atom is -0.444 e. The van der Waals surface area contributed by atoms with Gasteiger partial charge in [0.2, 0.25) is 11.8 Å². The van der Waals surface area contributed by atoms with Crippen LogP contribution in [0.5, 0.6) is 0 Å². The van der Waals surface area contributed by atoms with Gasteiger partial charge in [0.05, 0.1) is 5.69 Å². The van der Waals surface area contributed by atoms with Crippen molar-refractivity contribution in [3.63, 3.8) is 0 Å². The summed E-state index contributed by atoms with van der Waals surface area (Å²) in [5, 5.41) is 6.35. The van der Waals surface area contributed by atoms with Crippen molar-refractivity contribution in [1.29, 1.82) is 0 Å². The molecule has 23 heavy (non-hydrogen) atoms. The topological polar surface area (TPSA) is 82.8 Å². The summed E-state index contributed by atoms with van der Waals surface area (Å²) in [5.41, 5.74) is 0.893. The van der Waals surface area contributed by atoms with Crippen LogP contribution >= 0.6 is 0 Å². The number of aliphatic imine (C=N–C) groups is 1. The number of carbonyl (C=O) groups is 1. The maximum absolute atomic E-state index is 12.0. The second kappa shape index (κ2) is 8.55. The van der Waals surface area contributed by atoms with Gasteiger partial charge in [-0.15, -0.1) is 0 Å². The average Bonchev–Trinajstić information content (AvgIpc) is 3.15. The van der Waals surface area contributed by atoms with E-state index in [1.165, 1.54) is 0 Å². The standard InChI is InChI=1S/C16H27N5O2/c1-4-17-16(19-11-14-20-12(2)13(3)23-14)18-8-7-15(22)21-9-5-6-10-21/h4-11H2,1-3H3,(H2,17,18,19). The Bertz CT molecular complexity index is 527. The number of carbonyl (C=O) groups excluding carboxylic acids is 1. The first-order valence-corrected chi connectivity index (χ1v) is 8.33. The Morgan fingerprint density at radius 2 is 2.04 bits per heavy atom. The van der Waals surface area contributed by atoms with Crippen LogP contribution in [0.3, 0.4) is 0 Å². The monoisotopic (exact) mass is 321 g/mol. The average molecular weight is 321 g/mol. The minimum absolute atomic E-state index is 0.213. The predicted molar refractivity (Wildman–Crippen MR) is 89.2 cm³/mol. The maximum Gasteiger partial charge on any atom is 0.224 e. The molecule has 0 atom stereocenters. The number of amides is 1. The highest BCUT2D eigenvalue weighted by atomic mass is 16.4. The van der Waals surface area contributed by atoms with Crippen LogP contribution < -0.4 is 10.6 Å². The van der Waals surface area contributed by atoms with Crippen LogP contribution in [0.2, 0.25) is 0 Å². The molecule has 0 spiro atoms. The highest BCUT2D eigenvalue weighted by Gasteiger charge is 2.17. The van der Waals surface area contributed by atoms with E-state index in [1.54, 1.807) is 0 Å². The lowest BCUT2D eigenvalue weighted by molar-refractivity contribution is -0.129. The number of hydrogen-bond acceptors (Lipinski definition) is 4. The zero-order valence-electron chi connectivity index (χ0n) is 14.3. The first kappa shape index (κ1) is 17.3. The van der Waals surface area contributed by atoms with Gasteiger partial charge < -0.3 is 20.0 Å². The van der Waals surface area contributed by atoms with Crippen LogP contribution in [0.4, 0.5) is 0 Å². The number of nitrogens with zero attached hydrogens (tertiary/aromatic N) is 3. The van der Waals surface area contributed by atoms with Crippen LogP contribution in [0.1, 0.15) is 43.5 Å². The van der Waals surface area contributed by atoms with Crippen molar-refractivity contribution in [2.45, 2.75) is 46.6 Å². The molecule has 1 saturated heterocycles. The highest BCUT2D eigenvalue weighted by Crippen LogP contribution is 2.09. The fourth-order valence-corrected chi connectivity index (χ4v) is 2.51. The molecule has 1 aromatic rings. The Morgan fingerprint density at radius 1 is 1.30 bits per heavy atom. The maximum atomic E-state index is 12.0. The largest absolute Gasteiger partial charge is 0.444 e. The Hall–Kier alpha value is -2.05. The van der Waals surface area contributed by atoms with E-state index in [4.69, 9.17) is 4.42 Å².